The summed E-state index contributed by atoms with van der Waals surface area (Å²) in [6.45, 7) is 3.03. The van der Waals surface area contributed by atoms with Crippen LogP contribution >= 0.6 is 0 Å². The van der Waals surface area contributed by atoms with Crippen LogP contribution in [0.3, 0.4) is 0 Å². The number of benzene rings is 1. The summed E-state index contributed by atoms with van der Waals surface area (Å²) in [7, 11) is 1.41. The Hall–Kier alpha value is -2.90. The maximum atomic E-state index is 11.6. The van der Waals surface area contributed by atoms with E-state index in [1.807, 2.05) is 0 Å². The molecule has 1 aromatic rings. The fourth-order valence-electron chi connectivity index (χ4n) is 1.49. The molecule has 0 saturated heterocycles. The molecule has 0 heterocycles. The van der Waals surface area contributed by atoms with Gasteiger partial charge >= 0.3 is 5.97 Å². The van der Waals surface area contributed by atoms with E-state index >= 15 is 0 Å². The Balaban J connectivity index is 3.20. The lowest BCUT2D eigenvalue weighted by Gasteiger charge is -2.06. The van der Waals surface area contributed by atoms with Gasteiger partial charge in [0.25, 0.3) is 0 Å². The highest BCUT2D eigenvalue weighted by Crippen LogP contribution is 2.29. The maximum absolute atomic E-state index is 11.6. The number of hydrogen-bond donors (Lipinski definition) is 2. The summed E-state index contributed by atoms with van der Waals surface area (Å²) in [5, 5.41) is 17.0. The third-order valence-corrected chi connectivity index (χ3v) is 2.53. The van der Waals surface area contributed by atoms with Gasteiger partial charge in [-0.05, 0) is 32.0 Å². The molecule has 0 radical (unpaired) electrons. The van der Waals surface area contributed by atoms with Gasteiger partial charge in [0.05, 0.1) is 13.7 Å². The van der Waals surface area contributed by atoms with Crippen LogP contribution in [0.15, 0.2) is 39.9 Å². The summed E-state index contributed by atoms with van der Waals surface area (Å²) in [4.78, 5) is 22.8. The normalized spacial score (nSPS) is 12.0. The summed E-state index contributed by atoms with van der Waals surface area (Å²) in [6.07, 6.45) is 0. The molecular weight excluding hydrogens is 290 g/mol. The van der Waals surface area contributed by atoms with Crippen LogP contribution in [0.25, 0.3) is 0 Å². The lowest BCUT2D eigenvalue weighted by atomic mass is 10.2. The van der Waals surface area contributed by atoms with Gasteiger partial charge in [-0.1, -0.05) is 0 Å². The number of amides is 1. The summed E-state index contributed by atoms with van der Waals surface area (Å²) in [5.74, 6) is -1.46. The molecule has 0 unspecified atom stereocenters. The fourth-order valence-corrected chi connectivity index (χ4v) is 1.49. The van der Waals surface area contributed by atoms with Crippen LogP contribution in [-0.4, -0.2) is 30.7 Å². The molecule has 0 spiro atoms. The molecule has 3 N–H and O–H groups in total. The number of allylic oxidation sites excluding steroid dienone is 1. The van der Waals surface area contributed by atoms with E-state index in [1.165, 1.54) is 32.2 Å². The van der Waals surface area contributed by atoms with Crippen LogP contribution in [-0.2, 0) is 9.53 Å². The predicted molar refractivity (Wildman–Crippen MR) is 78.0 cm³/mol. The summed E-state index contributed by atoms with van der Waals surface area (Å²) >= 11 is 0. The molecular formula is C14H17N3O5. The minimum absolute atomic E-state index is 0.131. The molecule has 8 nitrogen and oxygen atoms in total. The summed E-state index contributed by atoms with van der Waals surface area (Å²) in [5.41, 5.74) is 5.24. The number of primary amides is 1. The van der Waals surface area contributed by atoms with Gasteiger partial charge in [-0.15, -0.1) is 10.2 Å². The summed E-state index contributed by atoms with van der Waals surface area (Å²) in [6, 6.07) is 4.33. The Morgan fingerprint density at radius 3 is 2.55 bits per heavy atom. The molecule has 1 aromatic carbocycles. The van der Waals surface area contributed by atoms with Crippen molar-refractivity contribution in [2.45, 2.75) is 13.8 Å². The second-order valence-electron chi connectivity index (χ2n) is 4.11. The molecule has 118 valence electrons. The molecule has 1 rings (SSSR count). The molecule has 0 aliphatic heterocycles. The lowest BCUT2D eigenvalue weighted by Crippen LogP contribution is -2.10. The van der Waals surface area contributed by atoms with E-state index in [0.29, 0.717) is 5.75 Å². The van der Waals surface area contributed by atoms with Crippen molar-refractivity contribution in [1.29, 1.82) is 0 Å². The molecule has 0 atom stereocenters. The van der Waals surface area contributed by atoms with Gasteiger partial charge in [-0.25, -0.2) is 4.79 Å². The van der Waals surface area contributed by atoms with Gasteiger partial charge in [0.15, 0.2) is 0 Å². The van der Waals surface area contributed by atoms with Gasteiger partial charge in [0.1, 0.15) is 17.2 Å². The second kappa shape index (κ2) is 7.77. The lowest BCUT2D eigenvalue weighted by molar-refractivity contribution is -0.138. The zero-order valence-electron chi connectivity index (χ0n) is 12.5. The number of nitrogens with zero attached hydrogens (tertiary/aromatic N) is 2. The Kier molecular flexibility index (Phi) is 6.06. The van der Waals surface area contributed by atoms with Crippen molar-refractivity contribution in [3.8, 4) is 5.75 Å². The molecule has 0 saturated carbocycles. The van der Waals surface area contributed by atoms with Crippen molar-refractivity contribution in [2.75, 3.05) is 13.7 Å². The van der Waals surface area contributed by atoms with Gasteiger partial charge in [0.2, 0.25) is 11.6 Å². The maximum Gasteiger partial charge on any atom is 0.362 e. The predicted octanol–water partition coefficient (Wildman–Crippen LogP) is 2.23. The Bertz CT molecular complexity index is 633. The average molecular weight is 307 g/mol. The van der Waals surface area contributed by atoms with Crippen molar-refractivity contribution in [2.24, 2.45) is 16.0 Å². The molecule has 0 aliphatic rings. The van der Waals surface area contributed by atoms with Crippen LogP contribution in [0.1, 0.15) is 24.2 Å². The van der Waals surface area contributed by atoms with Crippen molar-refractivity contribution in [1.82, 2.24) is 0 Å². The second-order valence-corrected chi connectivity index (χ2v) is 4.11. The first-order valence-electron chi connectivity index (χ1n) is 6.37. The first-order valence-corrected chi connectivity index (χ1v) is 6.37. The Labute approximate surface area is 127 Å². The van der Waals surface area contributed by atoms with E-state index in [4.69, 9.17) is 15.2 Å². The Morgan fingerprint density at radius 1 is 1.36 bits per heavy atom. The van der Waals surface area contributed by atoms with Crippen LogP contribution in [0.2, 0.25) is 0 Å². The minimum Gasteiger partial charge on any atom is -0.510 e. The number of esters is 1. The molecule has 8 heteroatoms. The van der Waals surface area contributed by atoms with Crippen LogP contribution in [0.4, 0.5) is 5.69 Å². The highest BCUT2D eigenvalue weighted by Gasteiger charge is 2.15. The van der Waals surface area contributed by atoms with Crippen molar-refractivity contribution < 1.29 is 24.2 Å². The van der Waals surface area contributed by atoms with E-state index in [0.717, 1.165) is 0 Å². The monoisotopic (exact) mass is 307 g/mol. The first kappa shape index (κ1) is 17.2. The third kappa shape index (κ3) is 4.30. The van der Waals surface area contributed by atoms with E-state index in [-0.39, 0.29) is 29.3 Å². The van der Waals surface area contributed by atoms with Gasteiger partial charge in [-0.2, -0.15) is 0 Å². The molecule has 22 heavy (non-hydrogen) atoms. The number of carbonyl (C=O) groups is 2. The smallest absolute Gasteiger partial charge is 0.362 e. The SMILES string of the molecule is CCOC(=O)/C(N=Nc1cc(C(N)=O)ccc1OC)=C(\C)O. The van der Waals surface area contributed by atoms with E-state index in [2.05, 4.69) is 10.2 Å². The number of rotatable bonds is 6. The van der Waals surface area contributed by atoms with Crippen LogP contribution in [0, 0.1) is 0 Å². The van der Waals surface area contributed by atoms with Gasteiger partial charge in [0, 0.05) is 5.56 Å². The standard InChI is InChI=1S/C14H17N3O5/c1-4-22-14(20)12(8(2)18)17-16-10-7-9(13(15)19)5-6-11(10)21-3/h5-7,18H,4H2,1-3H3,(H2,15,19)/b12-8-,17-16?. The molecule has 0 fully saturated rings. The van der Waals surface area contributed by atoms with Gasteiger partial charge in [-0.3, -0.25) is 4.79 Å². The van der Waals surface area contributed by atoms with Crippen molar-refractivity contribution in [3.05, 3.63) is 35.2 Å². The van der Waals surface area contributed by atoms with Crippen LogP contribution in [0.5, 0.6) is 5.75 Å². The quantitative estimate of drug-likeness (QED) is 0.361. The minimum atomic E-state index is -0.809. The topological polar surface area (TPSA) is 124 Å². The number of carbonyl (C=O) groups excluding carboxylic acids is 2. The average Bonchev–Trinajstić information content (AvgIpc) is 2.47. The largest absolute Gasteiger partial charge is 0.510 e. The van der Waals surface area contributed by atoms with Crippen molar-refractivity contribution >= 4 is 17.6 Å². The number of nitrogens with two attached hydrogens (primary N) is 1. The number of ether oxygens (including phenoxy) is 2. The fraction of sp³-hybridized carbons (Fsp3) is 0.286. The third-order valence-electron chi connectivity index (χ3n) is 2.53. The van der Waals surface area contributed by atoms with E-state index in [9.17, 15) is 14.7 Å². The number of methoxy groups -OCH3 is 1. The number of hydrogen-bond acceptors (Lipinski definition) is 7. The highest BCUT2D eigenvalue weighted by molar-refractivity contribution is 5.94. The number of azo groups is 1. The zero-order chi connectivity index (χ0) is 16.7. The molecule has 1 amide bonds. The van der Waals surface area contributed by atoms with E-state index in [1.54, 1.807) is 6.92 Å². The molecule has 0 bridgehead atoms. The molecule has 0 aromatic heterocycles. The zero-order valence-corrected chi connectivity index (χ0v) is 12.5. The van der Waals surface area contributed by atoms with E-state index < -0.39 is 11.9 Å². The summed E-state index contributed by atoms with van der Waals surface area (Å²) < 4.78 is 9.84. The van der Waals surface area contributed by atoms with Crippen molar-refractivity contribution in [3.63, 3.8) is 0 Å². The molecule has 0 aliphatic carbocycles. The first-order chi connectivity index (χ1) is 10.4. The highest BCUT2D eigenvalue weighted by atomic mass is 16.5. The number of aliphatic hydroxyl groups excluding tert-OH is 1. The van der Waals surface area contributed by atoms with Crippen LogP contribution < -0.4 is 10.5 Å². The van der Waals surface area contributed by atoms with Gasteiger partial charge < -0.3 is 20.3 Å². The Morgan fingerprint density at radius 2 is 2.05 bits per heavy atom. The number of aliphatic hydroxyl groups is 1.